The van der Waals surface area contributed by atoms with Crippen molar-refractivity contribution in [3.63, 3.8) is 0 Å². The molecular weight excluding hydrogens is 488 g/mol. The van der Waals surface area contributed by atoms with Crippen LogP contribution in [0.4, 0.5) is 0 Å². The zero-order valence-corrected chi connectivity index (χ0v) is 21.1. The van der Waals surface area contributed by atoms with Crippen LogP contribution < -0.4 is 20.7 Å². The van der Waals surface area contributed by atoms with Gasteiger partial charge < -0.3 is 27.6 Å². The largest absolute Gasteiger partial charge is 0.497 e. The summed E-state index contributed by atoms with van der Waals surface area (Å²) in [4.78, 5) is 25.5. The normalized spacial score (nSPS) is 11.1. The maximum atomic E-state index is 12.9. The summed E-state index contributed by atoms with van der Waals surface area (Å²) in [5.74, 6) is 1.53. The van der Waals surface area contributed by atoms with Gasteiger partial charge in [-0.3, -0.25) is 4.79 Å². The Hall–Kier alpha value is -4.81. The molecule has 5 rings (SSSR count). The first-order valence-electron chi connectivity index (χ1n) is 11.8. The Kier molecular flexibility index (Phi) is 6.73. The fraction of sp³-hybridized carbons (Fsp3) is 0.207. The molecule has 0 aliphatic heterocycles. The Labute approximate surface area is 217 Å². The van der Waals surface area contributed by atoms with Gasteiger partial charge in [-0.25, -0.2) is 4.79 Å². The lowest BCUT2D eigenvalue weighted by atomic mass is 9.97. The third-order valence-corrected chi connectivity index (χ3v) is 6.33. The molecule has 0 aliphatic rings. The zero-order valence-electron chi connectivity index (χ0n) is 21.1. The quantitative estimate of drug-likeness (QED) is 0.212. The Bertz CT molecular complexity index is 1820. The van der Waals surface area contributed by atoms with Crippen LogP contribution in [-0.4, -0.2) is 32.5 Å². The molecule has 0 spiro atoms. The van der Waals surface area contributed by atoms with Gasteiger partial charge in [0.25, 0.3) is 5.56 Å². The summed E-state index contributed by atoms with van der Waals surface area (Å²) in [7, 11) is 4.69. The van der Waals surface area contributed by atoms with Gasteiger partial charge in [0, 0.05) is 66.1 Å². The van der Waals surface area contributed by atoms with Gasteiger partial charge in [-0.1, -0.05) is 0 Å². The number of fused-ring (bicyclic) bond motifs is 2. The van der Waals surface area contributed by atoms with E-state index in [1.807, 2.05) is 12.1 Å². The molecule has 3 heterocycles. The topological polar surface area (TPSA) is 117 Å². The fourth-order valence-corrected chi connectivity index (χ4v) is 4.54. The summed E-state index contributed by atoms with van der Waals surface area (Å²) in [5.41, 5.74) is 1.60. The Morgan fingerprint density at radius 2 is 1.66 bits per heavy atom. The van der Waals surface area contributed by atoms with Crippen LogP contribution in [0.5, 0.6) is 11.5 Å². The van der Waals surface area contributed by atoms with Crippen LogP contribution in [-0.2, 0) is 11.3 Å². The third-order valence-electron chi connectivity index (χ3n) is 6.33. The lowest BCUT2D eigenvalue weighted by molar-refractivity contribution is 0.190. The smallest absolute Gasteiger partial charge is 0.336 e. The van der Waals surface area contributed by atoms with Crippen LogP contribution in [0.15, 0.2) is 73.2 Å². The molecule has 0 N–H and O–H groups in total. The Balaban J connectivity index is 1.85. The molecule has 192 valence electrons. The number of aryl methyl sites for hydroxylation is 1. The number of pyridine rings is 1. The molecule has 0 aliphatic carbocycles. The van der Waals surface area contributed by atoms with Gasteiger partial charge in [0.15, 0.2) is 0 Å². The van der Waals surface area contributed by atoms with Gasteiger partial charge in [0.1, 0.15) is 40.1 Å². The van der Waals surface area contributed by atoms with Crippen molar-refractivity contribution in [2.24, 2.45) is 0 Å². The van der Waals surface area contributed by atoms with Crippen LogP contribution >= 0.6 is 0 Å². The van der Waals surface area contributed by atoms with Crippen molar-refractivity contribution < 1.29 is 23.0 Å². The van der Waals surface area contributed by atoms with Crippen LogP contribution in [0.1, 0.15) is 12.0 Å². The second kappa shape index (κ2) is 10.3. The number of ether oxygens (including phenoxy) is 3. The first-order valence-corrected chi connectivity index (χ1v) is 11.8. The second-order valence-corrected chi connectivity index (χ2v) is 8.61. The molecule has 5 aromatic rings. The first kappa shape index (κ1) is 24.9. The van der Waals surface area contributed by atoms with Crippen molar-refractivity contribution in [1.29, 1.82) is 5.26 Å². The lowest BCUT2D eigenvalue weighted by Gasteiger charge is -2.11. The molecule has 2 aromatic carbocycles. The predicted octanol–water partition coefficient (Wildman–Crippen LogP) is 4.96. The zero-order chi connectivity index (χ0) is 26.8. The summed E-state index contributed by atoms with van der Waals surface area (Å²) >= 11 is 0. The number of nitrogens with zero attached hydrogens (tertiary/aromatic N) is 2. The minimum absolute atomic E-state index is 0.00900. The lowest BCUT2D eigenvalue weighted by Crippen LogP contribution is -2.23. The first-order chi connectivity index (χ1) is 18.5. The van der Waals surface area contributed by atoms with Crippen LogP contribution in [0, 0.1) is 11.3 Å². The SMILES string of the molecule is COCCCn1cc(-c2c(-c3cc(=O)oc4cc(OC)ccc34)oc3ccc(OC)cc23)cc(C#N)c1=O. The third kappa shape index (κ3) is 4.42. The number of aromatic nitrogens is 1. The van der Waals surface area contributed by atoms with Gasteiger partial charge in [-0.15, -0.1) is 0 Å². The molecule has 0 atom stereocenters. The van der Waals surface area contributed by atoms with Crippen molar-refractivity contribution in [1.82, 2.24) is 4.57 Å². The highest BCUT2D eigenvalue weighted by atomic mass is 16.5. The molecule has 9 nitrogen and oxygen atoms in total. The van der Waals surface area contributed by atoms with Crippen molar-refractivity contribution in [2.75, 3.05) is 27.9 Å². The van der Waals surface area contributed by atoms with Gasteiger partial charge in [-0.2, -0.15) is 5.26 Å². The highest BCUT2D eigenvalue weighted by molar-refractivity contribution is 6.06. The van der Waals surface area contributed by atoms with Crippen LogP contribution in [0.3, 0.4) is 0 Å². The number of methoxy groups -OCH3 is 3. The van der Waals surface area contributed by atoms with Crippen molar-refractivity contribution in [3.8, 4) is 40.0 Å². The summed E-state index contributed by atoms with van der Waals surface area (Å²) in [5, 5.41) is 11.1. The molecule has 0 bridgehead atoms. The van der Waals surface area contributed by atoms with Crippen LogP contribution in [0.2, 0.25) is 0 Å². The van der Waals surface area contributed by atoms with E-state index in [4.69, 9.17) is 23.0 Å². The number of hydrogen-bond donors (Lipinski definition) is 0. The molecule has 0 radical (unpaired) electrons. The Morgan fingerprint density at radius 1 is 0.895 bits per heavy atom. The molecule has 0 amide bonds. The molecular formula is C29H24N2O7. The van der Waals surface area contributed by atoms with E-state index in [1.54, 1.807) is 56.8 Å². The minimum Gasteiger partial charge on any atom is -0.497 e. The highest BCUT2D eigenvalue weighted by Gasteiger charge is 2.23. The Morgan fingerprint density at radius 3 is 2.39 bits per heavy atom. The predicted molar refractivity (Wildman–Crippen MR) is 142 cm³/mol. The molecule has 0 saturated heterocycles. The van der Waals surface area contributed by atoms with E-state index in [1.165, 1.54) is 17.7 Å². The van der Waals surface area contributed by atoms with Gasteiger partial charge in [0.05, 0.1) is 14.2 Å². The van der Waals surface area contributed by atoms with E-state index in [9.17, 15) is 14.9 Å². The van der Waals surface area contributed by atoms with Gasteiger partial charge in [-0.05, 0) is 42.8 Å². The molecule has 0 unspecified atom stereocenters. The van der Waals surface area contributed by atoms with Gasteiger partial charge >= 0.3 is 5.63 Å². The van der Waals surface area contributed by atoms with E-state index >= 15 is 0 Å². The highest BCUT2D eigenvalue weighted by Crippen LogP contribution is 2.44. The van der Waals surface area contributed by atoms with Crippen molar-refractivity contribution >= 4 is 21.9 Å². The number of rotatable bonds is 8. The number of benzene rings is 2. The molecule has 9 heteroatoms. The number of hydrogen-bond acceptors (Lipinski definition) is 8. The maximum absolute atomic E-state index is 12.9. The molecule has 0 saturated carbocycles. The van der Waals surface area contributed by atoms with E-state index in [0.29, 0.717) is 75.5 Å². The van der Waals surface area contributed by atoms with E-state index < -0.39 is 11.2 Å². The monoisotopic (exact) mass is 512 g/mol. The number of nitriles is 1. The van der Waals surface area contributed by atoms with Crippen LogP contribution in [0.25, 0.3) is 44.4 Å². The average Bonchev–Trinajstić information content (AvgIpc) is 3.31. The summed E-state index contributed by atoms with van der Waals surface area (Å²) in [6.07, 6.45) is 2.28. The van der Waals surface area contributed by atoms with E-state index in [2.05, 4.69) is 0 Å². The van der Waals surface area contributed by atoms with E-state index in [-0.39, 0.29) is 5.56 Å². The second-order valence-electron chi connectivity index (χ2n) is 8.61. The summed E-state index contributed by atoms with van der Waals surface area (Å²) < 4.78 is 29.2. The summed E-state index contributed by atoms with van der Waals surface area (Å²) in [6, 6.07) is 15.5. The molecule has 38 heavy (non-hydrogen) atoms. The number of furan rings is 1. The van der Waals surface area contributed by atoms with E-state index in [0.717, 1.165) is 0 Å². The minimum atomic E-state index is -0.563. The maximum Gasteiger partial charge on any atom is 0.336 e. The van der Waals surface area contributed by atoms with Crippen molar-refractivity contribution in [3.05, 3.63) is 81.1 Å². The summed E-state index contributed by atoms with van der Waals surface area (Å²) in [6.45, 7) is 0.826. The van der Waals surface area contributed by atoms with Crippen molar-refractivity contribution in [2.45, 2.75) is 13.0 Å². The molecule has 0 fully saturated rings. The molecule has 3 aromatic heterocycles. The standard InChI is InChI=1S/C29H24N2O7/c1-34-10-4-9-31-16-18(11-17(15-30)29(31)33)27-23-12-19(35-2)6-8-24(23)38-28(27)22-14-26(32)37-25-13-20(36-3)5-7-21(22)25/h5-8,11-14,16H,4,9-10H2,1-3H3. The van der Waals surface area contributed by atoms with Gasteiger partial charge in [0.2, 0.25) is 0 Å². The average molecular weight is 513 g/mol. The fourth-order valence-electron chi connectivity index (χ4n) is 4.54.